The standard InChI is InChI=1S/C23H27FN2/c1-16(2)18-9-12-25(13-10-18)19-5-4-6-20(15-19)26-14-11-21-22(24)8-7-17(3)23(21)26/h4-8,11,14-16,18H,9-10,12-13H2,1-3H3. The highest BCUT2D eigenvalue weighted by atomic mass is 19.1. The van der Waals surface area contributed by atoms with Crippen LogP contribution in [0.2, 0.25) is 0 Å². The number of anilines is 1. The molecule has 1 saturated heterocycles. The summed E-state index contributed by atoms with van der Waals surface area (Å²) in [5.74, 6) is 1.46. The lowest BCUT2D eigenvalue weighted by atomic mass is 9.86. The van der Waals surface area contributed by atoms with E-state index in [1.165, 1.54) is 18.5 Å². The SMILES string of the molecule is Cc1ccc(F)c2ccn(-c3cccc(N4CCC(C(C)C)CC4)c3)c12. The van der Waals surface area contributed by atoms with Crippen molar-refractivity contribution in [2.45, 2.75) is 33.6 Å². The highest BCUT2D eigenvalue weighted by molar-refractivity contribution is 5.85. The van der Waals surface area contributed by atoms with E-state index in [0.29, 0.717) is 5.39 Å². The first-order chi connectivity index (χ1) is 12.5. The summed E-state index contributed by atoms with van der Waals surface area (Å²) in [6.07, 6.45) is 4.50. The van der Waals surface area contributed by atoms with Gasteiger partial charge in [-0.05, 0) is 67.5 Å². The van der Waals surface area contributed by atoms with Gasteiger partial charge >= 0.3 is 0 Å². The van der Waals surface area contributed by atoms with E-state index in [-0.39, 0.29) is 5.82 Å². The molecule has 2 aromatic carbocycles. The second-order valence-corrected chi connectivity index (χ2v) is 7.90. The molecule has 4 rings (SSSR count). The predicted octanol–water partition coefficient (Wildman–Crippen LogP) is 5.95. The number of hydrogen-bond donors (Lipinski definition) is 0. The Kier molecular flexibility index (Phi) is 4.47. The molecule has 3 heteroatoms. The molecule has 0 atom stereocenters. The minimum Gasteiger partial charge on any atom is -0.371 e. The number of piperidine rings is 1. The van der Waals surface area contributed by atoms with Crippen molar-refractivity contribution in [1.82, 2.24) is 4.57 Å². The summed E-state index contributed by atoms with van der Waals surface area (Å²) in [5.41, 5.74) is 4.41. The molecule has 2 nitrogen and oxygen atoms in total. The first kappa shape index (κ1) is 17.1. The third-order valence-corrected chi connectivity index (χ3v) is 5.95. The topological polar surface area (TPSA) is 8.17 Å². The maximum atomic E-state index is 14.1. The normalized spacial score (nSPS) is 16.0. The van der Waals surface area contributed by atoms with Gasteiger partial charge in [-0.25, -0.2) is 4.39 Å². The van der Waals surface area contributed by atoms with Crippen molar-refractivity contribution in [2.75, 3.05) is 18.0 Å². The van der Waals surface area contributed by atoms with Crippen LogP contribution in [0.1, 0.15) is 32.3 Å². The first-order valence-electron chi connectivity index (χ1n) is 9.66. The number of nitrogens with zero attached hydrogens (tertiary/aromatic N) is 2. The zero-order valence-electron chi connectivity index (χ0n) is 15.9. The van der Waals surface area contributed by atoms with Gasteiger partial charge in [-0.3, -0.25) is 0 Å². The lowest BCUT2D eigenvalue weighted by Crippen LogP contribution is -2.35. The Hall–Kier alpha value is -2.29. The molecule has 1 fully saturated rings. The van der Waals surface area contributed by atoms with Crippen LogP contribution in [-0.4, -0.2) is 17.7 Å². The first-order valence-corrected chi connectivity index (χ1v) is 9.66. The zero-order valence-corrected chi connectivity index (χ0v) is 15.9. The fraction of sp³-hybridized carbons (Fsp3) is 0.391. The van der Waals surface area contributed by atoms with Gasteiger partial charge in [-0.15, -0.1) is 0 Å². The Balaban J connectivity index is 1.66. The van der Waals surface area contributed by atoms with Gasteiger partial charge in [0.25, 0.3) is 0 Å². The van der Waals surface area contributed by atoms with Crippen LogP contribution in [0.3, 0.4) is 0 Å². The molecule has 0 unspecified atom stereocenters. The predicted molar refractivity (Wildman–Crippen MR) is 108 cm³/mol. The number of aryl methyl sites for hydroxylation is 1. The third-order valence-electron chi connectivity index (χ3n) is 5.95. The van der Waals surface area contributed by atoms with Gasteiger partial charge in [0.1, 0.15) is 5.82 Å². The van der Waals surface area contributed by atoms with Crippen molar-refractivity contribution in [1.29, 1.82) is 0 Å². The third kappa shape index (κ3) is 3.00. The van der Waals surface area contributed by atoms with Crippen LogP contribution < -0.4 is 4.90 Å². The summed E-state index contributed by atoms with van der Waals surface area (Å²) in [6, 6.07) is 13.9. The van der Waals surface area contributed by atoms with E-state index < -0.39 is 0 Å². The zero-order chi connectivity index (χ0) is 18.3. The largest absolute Gasteiger partial charge is 0.371 e. The second kappa shape index (κ2) is 6.79. The van der Waals surface area contributed by atoms with Gasteiger partial charge < -0.3 is 9.47 Å². The molecule has 1 aromatic heterocycles. The van der Waals surface area contributed by atoms with E-state index in [1.807, 2.05) is 25.3 Å². The molecule has 3 aromatic rings. The monoisotopic (exact) mass is 350 g/mol. The molecule has 0 radical (unpaired) electrons. The lowest BCUT2D eigenvalue weighted by molar-refractivity contribution is 0.311. The molecule has 0 bridgehead atoms. The molecule has 26 heavy (non-hydrogen) atoms. The van der Waals surface area contributed by atoms with Gasteiger partial charge in [0.15, 0.2) is 0 Å². The Bertz CT molecular complexity index is 917. The van der Waals surface area contributed by atoms with E-state index in [4.69, 9.17) is 0 Å². The summed E-state index contributed by atoms with van der Waals surface area (Å²) < 4.78 is 16.3. The Morgan fingerprint density at radius 3 is 2.46 bits per heavy atom. The van der Waals surface area contributed by atoms with E-state index >= 15 is 0 Å². The van der Waals surface area contributed by atoms with Crippen LogP contribution in [0.4, 0.5) is 10.1 Å². The minimum atomic E-state index is -0.156. The van der Waals surface area contributed by atoms with Gasteiger partial charge in [0.2, 0.25) is 0 Å². The smallest absolute Gasteiger partial charge is 0.132 e. The molecule has 0 aliphatic carbocycles. The summed E-state index contributed by atoms with van der Waals surface area (Å²) >= 11 is 0. The second-order valence-electron chi connectivity index (χ2n) is 7.90. The molecule has 0 amide bonds. The average Bonchev–Trinajstić information content (AvgIpc) is 3.11. The van der Waals surface area contributed by atoms with Crippen LogP contribution in [0.5, 0.6) is 0 Å². The Morgan fingerprint density at radius 2 is 1.73 bits per heavy atom. The molecule has 0 spiro atoms. The molecule has 0 N–H and O–H groups in total. The molecular weight excluding hydrogens is 323 g/mol. The van der Waals surface area contributed by atoms with E-state index in [9.17, 15) is 4.39 Å². The lowest BCUT2D eigenvalue weighted by Gasteiger charge is -2.35. The molecule has 136 valence electrons. The quantitative estimate of drug-likeness (QED) is 0.566. The Labute approximate surface area is 155 Å². The number of benzene rings is 2. The fourth-order valence-electron chi connectivity index (χ4n) is 4.27. The fourth-order valence-corrected chi connectivity index (χ4v) is 4.27. The van der Waals surface area contributed by atoms with E-state index in [1.54, 1.807) is 6.07 Å². The van der Waals surface area contributed by atoms with Crippen LogP contribution in [0, 0.1) is 24.6 Å². The molecule has 0 saturated carbocycles. The molecule has 2 heterocycles. The van der Waals surface area contributed by atoms with Crippen molar-refractivity contribution in [3.63, 3.8) is 0 Å². The van der Waals surface area contributed by atoms with Crippen LogP contribution in [0.25, 0.3) is 16.6 Å². The maximum Gasteiger partial charge on any atom is 0.132 e. The highest BCUT2D eigenvalue weighted by Crippen LogP contribution is 2.31. The minimum absolute atomic E-state index is 0.156. The van der Waals surface area contributed by atoms with Crippen LogP contribution in [-0.2, 0) is 0 Å². The van der Waals surface area contributed by atoms with Crippen LogP contribution in [0.15, 0.2) is 48.7 Å². The number of hydrogen-bond acceptors (Lipinski definition) is 1. The number of rotatable bonds is 3. The van der Waals surface area contributed by atoms with Crippen molar-refractivity contribution in [3.8, 4) is 5.69 Å². The average molecular weight is 350 g/mol. The highest BCUT2D eigenvalue weighted by Gasteiger charge is 2.22. The van der Waals surface area contributed by atoms with Crippen molar-refractivity contribution >= 4 is 16.6 Å². The van der Waals surface area contributed by atoms with E-state index in [2.05, 4.69) is 47.6 Å². The summed E-state index contributed by atoms with van der Waals surface area (Å²) in [5, 5.41) is 0.688. The summed E-state index contributed by atoms with van der Waals surface area (Å²) in [6.45, 7) is 8.94. The Morgan fingerprint density at radius 1 is 1.00 bits per heavy atom. The van der Waals surface area contributed by atoms with Crippen molar-refractivity contribution in [2.24, 2.45) is 11.8 Å². The van der Waals surface area contributed by atoms with Crippen molar-refractivity contribution < 1.29 is 4.39 Å². The van der Waals surface area contributed by atoms with Gasteiger partial charge in [-0.2, -0.15) is 0 Å². The number of halogens is 1. The van der Waals surface area contributed by atoms with Crippen LogP contribution >= 0.6 is 0 Å². The summed E-state index contributed by atoms with van der Waals surface area (Å²) in [4.78, 5) is 2.49. The van der Waals surface area contributed by atoms with Gasteiger partial charge in [0, 0.05) is 36.0 Å². The summed E-state index contributed by atoms with van der Waals surface area (Å²) in [7, 11) is 0. The molecule has 1 aliphatic rings. The van der Waals surface area contributed by atoms with Crippen molar-refractivity contribution in [3.05, 3.63) is 60.0 Å². The number of fused-ring (bicyclic) bond motifs is 1. The molecule has 1 aliphatic heterocycles. The van der Waals surface area contributed by atoms with Gasteiger partial charge in [0.05, 0.1) is 5.52 Å². The molecular formula is C23H27FN2. The number of aromatic nitrogens is 1. The van der Waals surface area contributed by atoms with E-state index in [0.717, 1.165) is 41.7 Å². The van der Waals surface area contributed by atoms with Gasteiger partial charge in [-0.1, -0.05) is 26.0 Å². The maximum absolute atomic E-state index is 14.1.